The van der Waals surface area contributed by atoms with Gasteiger partial charge in [-0.1, -0.05) is 19.1 Å². The van der Waals surface area contributed by atoms with E-state index in [0.717, 1.165) is 30.6 Å². The number of aromatic nitrogens is 1. The third-order valence-corrected chi connectivity index (χ3v) is 3.28. The Kier molecular flexibility index (Phi) is 2.69. The average molecular weight is 228 g/mol. The molecule has 0 bridgehead atoms. The molecular weight excluding hydrogens is 212 g/mol. The van der Waals surface area contributed by atoms with Gasteiger partial charge in [0.15, 0.2) is 0 Å². The van der Waals surface area contributed by atoms with Gasteiger partial charge in [-0.2, -0.15) is 0 Å². The van der Waals surface area contributed by atoms with Crippen molar-refractivity contribution in [1.82, 2.24) is 10.3 Å². The smallest absolute Gasteiger partial charge is 0.132 e. The Balaban J connectivity index is 2.16. The van der Waals surface area contributed by atoms with Gasteiger partial charge in [-0.25, -0.2) is 0 Å². The van der Waals surface area contributed by atoms with E-state index in [2.05, 4.69) is 29.4 Å². The summed E-state index contributed by atoms with van der Waals surface area (Å²) in [7, 11) is 0. The maximum atomic E-state index is 6.13. The highest BCUT2D eigenvalue weighted by Gasteiger charge is 2.17. The fraction of sp³-hybridized carbons (Fsp3) is 0.357. The number of hydrogen-bond acceptors (Lipinski definition) is 3. The molecule has 1 N–H and O–H groups in total. The topological polar surface area (TPSA) is 34.2 Å². The van der Waals surface area contributed by atoms with Gasteiger partial charge < -0.3 is 10.1 Å². The van der Waals surface area contributed by atoms with Crippen LogP contribution >= 0.6 is 0 Å². The summed E-state index contributed by atoms with van der Waals surface area (Å²) in [6.07, 6.45) is 4.99. The summed E-state index contributed by atoms with van der Waals surface area (Å²) in [4.78, 5) is 4.15. The molecule has 0 unspecified atom stereocenters. The number of rotatable bonds is 1. The molecule has 3 heteroatoms. The van der Waals surface area contributed by atoms with Gasteiger partial charge in [0.2, 0.25) is 0 Å². The van der Waals surface area contributed by atoms with Crippen LogP contribution in [-0.2, 0) is 6.54 Å². The van der Waals surface area contributed by atoms with E-state index in [4.69, 9.17) is 4.74 Å². The quantitative estimate of drug-likeness (QED) is 0.814. The second-order valence-corrected chi connectivity index (χ2v) is 4.43. The van der Waals surface area contributed by atoms with Gasteiger partial charge in [-0.3, -0.25) is 4.98 Å². The Hall–Kier alpha value is -1.61. The molecule has 1 aromatic carbocycles. The van der Waals surface area contributed by atoms with Crippen LogP contribution in [0.3, 0.4) is 0 Å². The molecule has 2 aromatic rings. The predicted octanol–water partition coefficient (Wildman–Crippen LogP) is 2.50. The van der Waals surface area contributed by atoms with E-state index in [0.29, 0.717) is 0 Å². The molecule has 0 saturated heterocycles. The minimum Gasteiger partial charge on any atom is -0.488 e. The molecule has 0 fully saturated rings. The van der Waals surface area contributed by atoms with Gasteiger partial charge in [-0.15, -0.1) is 0 Å². The molecule has 88 valence electrons. The molecular formula is C14H16N2O. The predicted molar refractivity (Wildman–Crippen MR) is 68.2 cm³/mol. The van der Waals surface area contributed by atoms with Gasteiger partial charge in [0.05, 0.1) is 0 Å². The lowest BCUT2D eigenvalue weighted by molar-refractivity contribution is 0.204. The van der Waals surface area contributed by atoms with E-state index in [1.165, 1.54) is 10.9 Å². The average Bonchev–Trinajstić information content (AvgIpc) is 2.60. The summed E-state index contributed by atoms with van der Waals surface area (Å²) in [5, 5.41) is 5.74. The van der Waals surface area contributed by atoms with Crippen molar-refractivity contribution in [3.05, 3.63) is 36.2 Å². The van der Waals surface area contributed by atoms with Crippen LogP contribution in [0.4, 0.5) is 0 Å². The first-order chi connectivity index (χ1) is 8.38. The van der Waals surface area contributed by atoms with Crippen molar-refractivity contribution in [3.63, 3.8) is 0 Å². The molecule has 0 spiro atoms. The maximum absolute atomic E-state index is 6.13. The van der Waals surface area contributed by atoms with Crippen LogP contribution in [0, 0.1) is 0 Å². The Labute approximate surface area is 101 Å². The molecule has 0 amide bonds. The summed E-state index contributed by atoms with van der Waals surface area (Å²) < 4.78 is 6.13. The Morgan fingerprint density at radius 2 is 2.35 bits per heavy atom. The van der Waals surface area contributed by atoms with E-state index < -0.39 is 0 Å². The molecule has 3 rings (SSSR count). The van der Waals surface area contributed by atoms with Crippen molar-refractivity contribution in [2.24, 2.45) is 0 Å². The number of fused-ring (bicyclic) bond motifs is 3. The van der Waals surface area contributed by atoms with Gasteiger partial charge in [0, 0.05) is 41.8 Å². The number of benzene rings is 1. The van der Waals surface area contributed by atoms with Crippen molar-refractivity contribution < 1.29 is 4.74 Å². The van der Waals surface area contributed by atoms with Crippen LogP contribution in [0.25, 0.3) is 10.8 Å². The fourth-order valence-corrected chi connectivity index (χ4v) is 2.27. The summed E-state index contributed by atoms with van der Waals surface area (Å²) in [6, 6.07) is 6.27. The van der Waals surface area contributed by atoms with Crippen molar-refractivity contribution in [2.45, 2.75) is 26.0 Å². The summed E-state index contributed by atoms with van der Waals surface area (Å²) in [5.41, 5.74) is 1.24. The van der Waals surface area contributed by atoms with Crippen LogP contribution in [0.15, 0.2) is 30.6 Å². The van der Waals surface area contributed by atoms with Gasteiger partial charge >= 0.3 is 0 Å². The molecule has 0 aliphatic carbocycles. The van der Waals surface area contributed by atoms with Crippen molar-refractivity contribution in [2.75, 3.05) is 6.54 Å². The molecule has 1 aromatic heterocycles. The van der Waals surface area contributed by atoms with Crippen LogP contribution < -0.4 is 10.1 Å². The first-order valence-corrected chi connectivity index (χ1v) is 6.11. The van der Waals surface area contributed by atoms with E-state index in [9.17, 15) is 0 Å². The highest BCUT2D eigenvalue weighted by atomic mass is 16.5. The monoisotopic (exact) mass is 228 g/mol. The standard InChI is InChI=1S/C14H16N2O/c1-2-12-9-16-8-11-4-3-10-7-15-6-5-13(10)14(11)17-12/h3-7,12,16H,2,8-9H2,1H3/t12-/m1/s1. The Morgan fingerprint density at radius 3 is 3.24 bits per heavy atom. The zero-order chi connectivity index (χ0) is 11.7. The number of pyridine rings is 1. The third kappa shape index (κ3) is 1.87. The van der Waals surface area contributed by atoms with Gasteiger partial charge in [0.25, 0.3) is 0 Å². The van der Waals surface area contributed by atoms with Gasteiger partial charge in [0.1, 0.15) is 11.9 Å². The van der Waals surface area contributed by atoms with Crippen LogP contribution in [0.1, 0.15) is 18.9 Å². The largest absolute Gasteiger partial charge is 0.488 e. The summed E-state index contributed by atoms with van der Waals surface area (Å²) in [6.45, 7) is 3.95. The van der Waals surface area contributed by atoms with Crippen LogP contribution in [-0.4, -0.2) is 17.6 Å². The second kappa shape index (κ2) is 4.34. The minimum atomic E-state index is 0.259. The summed E-state index contributed by atoms with van der Waals surface area (Å²) >= 11 is 0. The molecule has 1 aliphatic rings. The lowest BCUT2D eigenvalue weighted by Gasteiger charge is -2.16. The number of nitrogens with one attached hydrogen (secondary N) is 1. The number of ether oxygens (including phenoxy) is 1. The minimum absolute atomic E-state index is 0.259. The molecule has 2 heterocycles. The molecule has 1 atom stereocenters. The van der Waals surface area contributed by atoms with Crippen molar-refractivity contribution in [1.29, 1.82) is 0 Å². The van der Waals surface area contributed by atoms with E-state index in [-0.39, 0.29) is 6.10 Å². The zero-order valence-electron chi connectivity index (χ0n) is 9.94. The fourth-order valence-electron chi connectivity index (χ4n) is 2.27. The lowest BCUT2D eigenvalue weighted by atomic mass is 10.1. The molecule has 0 radical (unpaired) electrons. The molecule has 17 heavy (non-hydrogen) atoms. The van der Waals surface area contributed by atoms with E-state index in [1.807, 2.05) is 18.5 Å². The number of hydrogen-bond donors (Lipinski definition) is 1. The van der Waals surface area contributed by atoms with Crippen LogP contribution in [0.2, 0.25) is 0 Å². The SMILES string of the molecule is CC[C@@H]1CNCc2ccc3cnccc3c2O1. The molecule has 1 aliphatic heterocycles. The maximum Gasteiger partial charge on any atom is 0.132 e. The molecule has 0 saturated carbocycles. The molecule has 3 nitrogen and oxygen atoms in total. The highest BCUT2D eigenvalue weighted by molar-refractivity contribution is 5.88. The van der Waals surface area contributed by atoms with Crippen molar-refractivity contribution >= 4 is 10.8 Å². The highest BCUT2D eigenvalue weighted by Crippen LogP contribution is 2.31. The van der Waals surface area contributed by atoms with Crippen LogP contribution in [0.5, 0.6) is 5.75 Å². The first-order valence-electron chi connectivity index (χ1n) is 6.11. The van der Waals surface area contributed by atoms with E-state index >= 15 is 0 Å². The Bertz CT molecular complexity index is 539. The zero-order valence-corrected chi connectivity index (χ0v) is 9.94. The summed E-state index contributed by atoms with van der Waals surface area (Å²) in [5.74, 6) is 1.03. The number of nitrogens with zero attached hydrogens (tertiary/aromatic N) is 1. The third-order valence-electron chi connectivity index (χ3n) is 3.28. The second-order valence-electron chi connectivity index (χ2n) is 4.43. The normalized spacial score (nSPS) is 19.5. The van der Waals surface area contributed by atoms with Gasteiger partial charge in [-0.05, 0) is 12.5 Å². The Morgan fingerprint density at radius 1 is 1.41 bits per heavy atom. The lowest BCUT2D eigenvalue weighted by Crippen LogP contribution is -2.27. The van der Waals surface area contributed by atoms with Crippen molar-refractivity contribution in [3.8, 4) is 5.75 Å². The first kappa shape index (κ1) is 10.5. The van der Waals surface area contributed by atoms with E-state index in [1.54, 1.807) is 0 Å².